The monoisotopic (exact) mass is 442 g/mol. The van der Waals surface area contributed by atoms with Crippen LogP contribution in [-0.4, -0.2) is 37.8 Å². The Labute approximate surface area is 185 Å². The Morgan fingerprint density at radius 3 is 2.61 bits per heavy atom. The molecule has 2 bridgehead atoms. The zero-order valence-corrected chi connectivity index (χ0v) is 18.3. The third-order valence-electron chi connectivity index (χ3n) is 6.38. The number of piperidine rings is 1. The maximum Gasteiger partial charge on any atom is 0.320 e. The lowest BCUT2D eigenvalue weighted by molar-refractivity contribution is 0.264. The normalized spacial score (nSPS) is 22.7. The van der Waals surface area contributed by atoms with Gasteiger partial charge in [-0.2, -0.15) is 10.1 Å². The van der Waals surface area contributed by atoms with Crippen LogP contribution in [0.15, 0.2) is 30.6 Å². The van der Waals surface area contributed by atoms with Crippen LogP contribution in [0, 0.1) is 30.5 Å². The van der Waals surface area contributed by atoms with Gasteiger partial charge in [0, 0.05) is 38.7 Å². The summed E-state index contributed by atoms with van der Waals surface area (Å²) in [4.78, 5) is 15.3. The molecule has 2 fully saturated rings. The summed E-state index contributed by atoms with van der Waals surface area (Å²) in [6, 6.07) is 6.82. The van der Waals surface area contributed by atoms with Crippen LogP contribution in [0.2, 0.25) is 5.15 Å². The number of anilines is 1. The molecule has 1 aliphatic carbocycles. The van der Waals surface area contributed by atoms with Gasteiger partial charge >= 0.3 is 6.01 Å². The molecule has 7 nitrogen and oxygen atoms in total. The first-order valence-electron chi connectivity index (χ1n) is 10.5. The van der Waals surface area contributed by atoms with Gasteiger partial charge in [0.05, 0.1) is 0 Å². The van der Waals surface area contributed by atoms with Gasteiger partial charge in [-0.25, -0.2) is 19.0 Å². The van der Waals surface area contributed by atoms with E-state index in [9.17, 15) is 4.39 Å². The SMILES string of the molecule is Cc1cc(F)cc(Oc2nc(CC3C4CCC3CN(c3cc(Cl)ncn3)C4)nn2C)c1. The molecule has 3 heterocycles. The summed E-state index contributed by atoms with van der Waals surface area (Å²) >= 11 is 6.05. The number of rotatable bonds is 5. The lowest BCUT2D eigenvalue weighted by atomic mass is 9.82. The lowest BCUT2D eigenvalue weighted by Gasteiger charge is -2.38. The molecule has 2 atom stereocenters. The van der Waals surface area contributed by atoms with Crippen LogP contribution in [0.4, 0.5) is 10.2 Å². The molecule has 1 saturated carbocycles. The first-order chi connectivity index (χ1) is 14.9. The number of aryl methyl sites for hydroxylation is 2. The summed E-state index contributed by atoms with van der Waals surface area (Å²) in [5.74, 6) is 3.42. The number of aromatic nitrogens is 5. The fourth-order valence-electron chi connectivity index (χ4n) is 5.03. The van der Waals surface area contributed by atoms with Crippen LogP contribution in [0.1, 0.15) is 24.2 Å². The molecule has 3 aromatic rings. The molecule has 0 amide bonds. The Kier molecular flexibility index (Phi) is 5.25. The van der Waals surface area contributed by atoms with Crippen molar-refractivity contribution in [3.05, 3.63) is 53.0 Å². The highest BCUT2D eigenvalue weighted by Gasteiger charge is 2.42. The van der Waals surface area contributed by atoms with Gasteiger partial charge in [0.1, 0.15) is 28.9 Å². The molecular weight excluding hydrogens is 419 g/mol. The fourth-order valence-corrected chi connectivity index (χ4v) is 5.17. The van der Waals surface area contributed by atoms with E-state index in [0.29, 0.717) is 34.7 Å². The van der Waals surface area contributed by atoms with Crippen LogP contribution in [0.3, 0.4) is 0 Å². The number of ether oxygens (including phenoxy) is 1. The van der Waals surface area contributed by atoms with Crippen molar-refractivity contribution in [2.75, 3.05) is 18.0 Å². The van der Waals surface area contributed by atoms with E-state index >= 15 is 0 Å². The van der Waals surface area contributed by atoms with E-state index in [1.165, 1.54) is 31.3 Å². The third kappa shape index (κ3) is 4.21. The molecule has 0 N–H and O–H groups in total. The average molecular weight is 443 g/mol. The predicted octanol–water partition coefficient (Wildman–Crippen LogP) is 4.20. The van der Waals surface area contributed by atoms with Crippen LogP contribution >= 0.6 is 11.6 Å². The fraction of sp³-hybridized carbons (Fsp3) is 0.455. The Balaban J connectivity index is 1.28. The lowest BCUT2D eigenvalue weighted by Crippen LogP contribution is -2.43. The third-order valence-corrected chi connectivity index (χ3v) is 6.59. The number of benzene rings is 1. The van der Waals surface area contributed by atoms with Gasteiger partial charge < -0.3 is 9.64 Å². The summed E-state index contributed by atoms with van der Waals surface area (Å²) in [5, 5.41) is 5.04. The number of hydrogen-bond donors (Lipinski definition) is 0. The van der Waals surface area contributed by atoms with Crippen LogP contribution in [0.5, 0.6) is 11.8 Å². The molecule has 0 radical (unpaired) electrons. The second kappa shape index (κ2) is 8.07. The van der Waals surface area contributed by atoms with Gasteiger partial charge in [-0.1, -0.05) is 11.6 Å². The minimum atomic E-state index is -0.328. The van der Waals surface area contributed by atoms with Gasteiger partial charge in [0.15, 0.2) is 5.82 Å². The zero-order valence-electron chi connectivity index (χ0n) is 17.5. The molecule has 2 aromatic heterocycles. The Hall–Kier alpha value is -2.74. The highest BCUT2D eigenvalue weighted by Crippen LogP contribution is 2.44. The summed E-state index contributed by atoms with van der Waals surface area (Å²) in [7, 11) is 1.80. The smallest absolute Gasteiger partial charge is 0.320 e. The average Bonchev–Trinajstić information content (AvgIpc) is 3.15. The van der Waals surface area contributed by atoms with Crippen molar-refractivity contribution in [1.29, 1.82) is 0 Å². The van der Waals surface area contributed by atoms with E-state index in [1.54, 1.807) is 17.8 Å². The van der Waals surface area contributed by atoms with E-state index in [2.05, 4.69) is 25.0 Å². The maximum atomic E-state index is 13.7. The van der Waals surface area contributed by atoms with E-state index in [4.69, 9.17) is 16.3 Å². The topological polar surface area (TPSA) is 69.0 Å². The van der Waals surface area contributed by atoms with Crippen LogP contribution in [-0.2, 0) is 13.5 Å². The van der Waals surface area contributed by atoms with Crippen molar-refractivity contribution in [2.24, 2.45) is 24.8 Å². The molecular formula is C22H24ClFN6O. The second-order valence-corrected chi connectivity index (χ2v) is 8.96. The molecule has 5 rings (SSSR count). The second-order valence-electron chi connectivity index (χ2n) is 8.57. The maximum absolute atomic E-state index is 13.7. The van der Waals surface area contributed by atoms with Crippen molar-refractivity contribution in [2.45, 2.75) is 26.2 Å². The number of nitrogens with zero attached hydrogens (tertiary/aromatic N) is 6. The van der Waals surface area contributed by atoms with Crippen molar-refractivity contribution in [3.63, 3.8) is 0 Å². The minimum absolute atomic E-state index is 0.328. The van der Waals surface area contributed by atoms with E-state index in [1.807, 2.05) is 13.0 Å². The molecule has 2 aliphatic rings. The molecule has 1 aliphatic heterocycles. The first kappa shape index (κ1) is 20.2. The van der Waals surface area contributed by atoms with Crippen molar-refractivity contribution < 1.29 is 9.13 Å². The largest absolute Gasteiger partial charge is 0.424 e. The Morgan fingerprint density at radius 2 is 1.90 bits per heavy atom. The summed E-state index contributed by atoms with van der Waals surface area (Å²) in [5.41, 5.74) is 0.797. The Bertz CT molecular complexity index is 1070. The van der Waals surface area contributed by atoms with Crippen molar-refractivity contribution >= 4 is 17.4 Å². The molecule has 31 heavy (non-hydrogen) atoms. The van der Waals surface area contributed by atoms with Crippen molar-refractivity contribution in [3.8, 4) is 11.8 Å². The van der Waals surface area contributed by atoms with Crippen LogP contribution < -0.4 is 9.64 Å². The van der Waals surface area contributed by atoms with Gasteiger partial charge in [-0.3, -0.25) is 0 Å². The Morgan fingerprint density at radius 1 is 1.13 bits per heavy atom. The van der Waals surface area contributed by atoms with Gasteiger partial charge in [-0.05, 0) is 55.2 Å². The highest BCUT2D eigenvalue weighted by molar-refractivity contribution is 6.29. The number of fused-ring (bicyclic) bond motifs is 2. The molecule has 1 saturated heterocycles. The van der Waals surface area contributed by atoms with E-state index in [-0.39, 0.29) is 5.82 Å². The quantitative estimate of drug-likeness (QED) is 0.551. The number of hydrogen-bond acceptors (Lipinski definition) is 6. The van der Waals surface area contributed by atoms with Crippen molar-refractivity contribution in [1.82, 2.24) is 24.7 Å². The number of halogens is 2. The van der Waals surface area contributed by atoms with Crippen LogP contribution in [0.25, 0.3) is 0 Å². The van der Waals surface area contributed by atoms with E-state index in [0.717, 1.165) is 36.7 Å². The van der Waals surface area contributed by atoms with Gasteiger partial charge in [0.25, 0.3) is 0 Å². The van der Waals surface area contributed by atoms with Gasteiger partial charge in [-0.15, -0.1) is 0 Å². The highest BCUT2D eigenvalue weighted by atomic mass is 35.5. The molecule has 162 valence electrons. The minimum Gasteiger partial charge on any atom is -0.424 e. The molecule has 2 unspecified atom stereocenters. The van der Waals surface area contributed by atoms with Gasteiger partial charge in [0.2, 0.25) is 0 Å². The molecule has 1 aromatic carbocycles. The molecule has 0 spiro atoms. The van der Waals surface area contributed by atoms with E-state index < -0.39 is 0 Å². The molecule has 9 heteroatoms. The standard InChI is InChI=1S/C22H24ClFN6O/c1-13-5-16(24)7-17(6-13)31-22-27-20(28-29(22)2)8-18-14-3-4-15(18)11-30(10-14)21-9-19(23)25-12-26-21/h5-7,9,12,14-15,18H,3-4,8,10-11H2,1-2H3. The predicted molar refractivity (Wildman–Crippen MR) is 115 cm³/mol. The zero-order chi connectivity index (χ0) is 21.5. The summed E-state index contributed by atoms with van der Waals surface area (Å²) < 4.78 is 21.1. The summed E-state index contributed by atoms with van der Waals surface area (Å²) in [6.07, 6.45) is 4.73. The summed E-state index contributed by atoms with van der Waals surface area (Å²) in [6.45, 7) is 3.73. The first-order valence-corrected chi connectivity index (χ1v) is 10.9.